The van der Waals surface area contributed by atoms with Crippen LogP contribution in [0.2, 0.25) is 5.02 Å². The fraction of sp³-hybridized carbons (Fsp3) is 0.118. The van der Waals surface area contributed by atoms with Crippen molar-refractivity contribution in [3.8, 4) is 0 Å². The maximum Gasteiger partial charge on any atom is 0.297 e. The summed E-state index contributed by atoms with van der Waals surface area (Å²) in [5, 5.41) is 8.49. The minimum atomic E-state index is -2.78. The van der Waals surface area contributed by atoms with Gasteiger partial charge < -0.3 is 4.90 Å². The molecule has 0 aliphatic rings. The van der Waals surface area contributed by atoms with E-state index in [1.54, 1.807) is 18.2 Å². The molecule has 0 fully saturated rings. The van der Waals surface area contributed by atoms with Gasteiger partial charge in [0.15, 0.2) is 0 Å². The Morgan fingerprint density at radius 1 is 1.15 bits per heavy atom. The first-order valence-electron chi connectivity index (χ1n) is 7.57. The number of aromatic nitrogens is 4. The molecule has 2 aromatic heterocycles. The molecule has 0 saturated heterocycles. The second kappa shape index (κ2) is 6.44. The minimum absolute atomic E-state index is 0.0897. The number of benzene rings is 2. The molecular weight excluding hydrogens is 428 g/mol. The lowest BCUT2D eigenvalue weighted by molar-refractivity contribution is 0.139. The van der Waals surface area contributed by atoms with Crippen molar-refractivity contribution >= 4 is 55.7 Å². The molecule has 0 amide bonds. The van der Waals surface area contributed by atoms with Crippen LogP contribution in [0.4, 0.5) is 20.3 Å². The third-order valence-electron chi connectivity index (χ3n) is 4.03. The number of anilines is 2. The van der Waals surface area contributed by atoms with Gasteiger partial charge in [0.2, 0.25) is 5.82 Å². The standard InChI is InChI=1S/C17H11BrClF2N5/c1-25(11-4-2-3-9(18)7-11)15-12-6-5-10(19)8-13(12)26-16(14(20)21)23-24-17(26)22-15/h2-8,14H,1H3. The molecule has 0 aliphatic carbocycles. The summed E-state index contributed by atoms with van der Waals surface area (Å²) in [6, 6.07) is 12.7. The first-order valence-corrected chi connectivity index (χ1v) is 8.74. The highest BCUT2D eigenvalue weighted by molar-refractivity contribution is 9.10. The molecule has 0 spiro atoms. The zero-order chi connectivity index (χ0) is 18.4. The number of rotatable bonds is 3. The van der Waals surface area contributed by atoms with Crippen molar-refractivity contribution in [2.75, 3.05) is 11.9 Å². The average Bonchev–Trinajstić information content (AvgIpc) is 3.05. The molecule has 0 bridgehead atoms. The van der Waals surface area contributed by atoms with Crippen LogP contribution in [0, 0.1) is 0 Å². The van der Waals surface area contributed by atoms with Gasteiger partial charge in [0.05, 0.1) is 5.52 Å². The summed E-state index contributed by atoms with van der Waals surface area (Å²) in [6.45, 7) is 0. The van der Waals surface area contributed by atoms with Gasteiger partial charge in [-0.3, -0.25) is 4.40 Å². The van der Waals surface area contributed by atoms with E-state index in [4.69, 9.17) is 11.6 Å². The highest BCUT2D eigenvalue weighted by atomic mass is 79.9. The maximum atomic E-state index is 13.3. The molecule has 0 aliphatic heterocycles. The van der Waals surface area contributed by atoms with Crippen molar-refractivity contribution in [2.45, 2.75) is 6.43 Å². The van der Waals surface area contributed by atoms with Crippen molar-refractivity contribution < 1.29 is 8.78 Å². The van der Waals surface area contributed by atoms with Crippen LogP contribution in [-0.4, -0.2) is 26.6 Å². The SMILES string of the molecule is CN(c1cccc(Br)c1)c1nc2nnc(C(F)F)n2c2cc(Cl)ccc12. The molecule has 2 aromatic carbocycles. The second-order valence-electron chi connectivity index (χ2n) is 5.63. The number of hydrogen-bond acceptors (Lipinski definition) is 4. The lowest BCUT2D eigenvalue weighted by Crippen LogP contribution is -2.13. The zero-order valence-corrected chi connectivity index (χ0v) is 15.7. The summed E-state index contributed by atoms with van der Waals surface area (Å²) in [5.74, 6) is 0.193. The van der Waals surface area contributed by atoms with Gasteiger partial charge in [-0.15, -0.1) is 10.2 Å². The summed E-state index contributed by atoms with van der Waals surface area (Å²) >= 11 is 9.55. The highest BCUT2D eigenvalue weighted by Crippen LogP contribution is 2.33. The van der Waals surface area contributed by atoms with E-state index in [-0.39, 0.29) is 5.78 Å². The fourth-order valence-corrected chi connectivity index (χ4v) is 3.38. The largest absolute Gasteiger partial charge is 0.329 e. The predicted molar refractivity (Wildman–Crippen MR) is 100 cm³/mol. The molecule has 132 valence electrons. The Bertz CT molecular complexity index is 1130. The number of nitrogens with zero attached hydrogens (tertiary/aromatic N) is 5. The van der Waals surface area contributed by atoms with E-state index in [1.165, 1.54) is 4.40 Å². The Hall–Kier alpha value is -2.32. The number of hydrogen-bond donors (Lipinski definition) is 0. The molecule has 26 heavy (non-hydrogen) atoms. The molecule has 0 atom stereocenters. The molecule has 0 N–H and O–H groups in total. The topological polar surface area (TPSA) is 46.3 Å². The molecule has 0 radical (unpaired) electrons. The summed E-state index contributed by atoms with van der Waals surface area (Å²) < 4.78 is 28.8. The van der Waals surface area contributed by atoms with Gasteiger partial charge in [0.25, 0.3) is 12.2 Å². The molecule has 0 saturated carbocycles. The molecule has 5 nitrogen and oxygen atoms in total. The van der Waals surface area contributed by atoms with Crippen molar-refractivity contribution in [3.05, 3.63) is 57.8 Å². The predicted octanol–water partition coefficient (Wildman–Crippen LogP) is 5.40. The van der Waals surface area contributed by atoms with E-state index < -0.39 is 12.2 Å². The van der Waals surface area contributed by atoms with Crippen LogP contribution in [0.3, 0.4) is 0 Å². The van der Waals surface area contributed by atoms with Crippen molar-refractivity contribution in [3.63, 3.8) is 0 Å². The number of halogens is 4. The minimum Gasteiger partial charge on any atom is -0.329 e. The van der Waals surface area contributed by atoms with E-state index in [0.717, 1.165) is 10.2 Å². The highest BCUT2D eigenvalue weighted by Gasteiger charge is 2.22. The van der Waals surface area contributed by atoms with Crippen LogP contribution in [-0.2, 0) is 0 Å². The van der Waals surface area contributed by atoms with Gasteiger partial charge in [0, 0.05) is 27.6 Å². The zero-order valence-electron chi connectivity index (χ0n) is 13.4. The van der Waals surface area contributed by atoms with Crippen LogP contribution in [0.1, 0.15) is 12.2 Å². The summed E-state index contributed by atoms with van der Waals surface area (Å²) in [6.07, 6.45) is -2.78. The Morgan fingerprint density at radius 3 is 2.69 bits per heavy atom. The van der Waals surface area contributed by atoms with E-state index in [9.17, 15) is 8.78 Å². The lowest BCUT2D eigenvalue weighted by Gasteiger charge is -2.21. The lowest BCUT2D eigenvalue weighted by atomic mass is 10.2. The Labute approximate surface area is 160 Å². The van der Waals surface area contributed by atoms with Gasteiger partial charge in [-0.25, -0.2) is 8.78 Å². The maximum absolute atomic E-state index is 13.3. The van der Waals surface area contributed by atoms with E-state index in [1.807, 2.05) is 36.2 Å². The Kier molecular flexibility index (Phi) is 4.24. The van der Waals surface area contributed by atoms with Gasteiger partial charge in [0.1, 0.15) is 5.82 Å². The summed E-state index contributed by atoms with van der Waals surface area (Å²) in [4.78, 5) is 6.32. The van der Waals surface area contributed by atoms with Crippen molar-refractivity contribution in [1.82, 2.24) is 19.6 Å². The molecule has 2 heterocycles. The molecule has 4 aromatic rings. The summed E-state index contributed by atoms with van der Waals surface area (Å²) in [7, 11) is 1.85. The van der Waals surface area contributed by atoms with Gasteiger partial charge in [-0.1, -0.05) is 33.6 Å². The first kappa shape index (κ1) is 17.1. The monoisotopic (exact) mass is 437 g/mol. The van der Waals surface area contributed by atoms with Gasteiger partial charge in [-0.05, 0) is 36.4 Å². The van der Waals surface area contributed by atoms with Crippen LogP contribution < -0.4 is 4.90 Å². The Morgan fingerprint density at radius 2 is 1.96 bits per heavy atom. The normalized spacial score (nSPS) is 11.6. The van der Waals surface area contributed by atoms with Crippen molar-refractivity contribution in [2.24, 2.45) is 0 Å². The first-order chi connectivity index (χ1) is 12.5. The van der Waals surface area contributed by atoms with E-state index in [2.05, 4.69) is 31.1 Å². The van der Waals surface area contributed by atoms with E-state index >= 15 is 0 Å². The van der Waals surface area contributed by atoms with Crippen molar-refractivity contribution in [1.29, 1.82) is 0 Å². The smallest absolute Gasteiger partial charge is 0.297 e. The van der Waals surface area contributed by atoms with E-state index in [0.29, 0.717) is 21.7 Å². The quantitative estimate of drug-likeness (QED) is 0.430. The molecular formula is C17H11BrClF2N5. The number of fused-ring (bicyclic) bond motifs is 3. The van der Waals surface area contributed by atoms with Crippen LogP contribution in [0.5, 0.6) is 0 Å². The molecule has 9 heteroatoms. The van der Waals surface area contributed by atoms with Crippen LogP contribution in [0.15, 0.2) is 46.9 Å². The third kappa shape index (κ3) is 2.79. The van der Waals surface area contributed by atoms with Crippen LogP contribution >= 0.6 is 27.5 Å². The fourth-order valence-electron chi connectivity index (χ4n) is 2.83. The average molecular weight is 439 g/mol. The van der Waals surface area contributed by atoms with Gasteiger partial charge in [-0.2, -0.15) is 4.98 Å². The number of alkyl halides is 2. The molecule has 0 unspecified atom stereocenters. The van der Waals surface area contributed by atoms with Gasteiger partial charge >= 0.3 is 0 Å². The van der Waals surface area contributed by atoms with Crippen LogP contribution in [0.25, 0.3) is 16.7 Å². The second-order valence-corrected chi connectivity index (χ2v) is 6.98. The molecule has 4 rings (SSSR count). The Balaban J connectivity index is 2.03. The summed E-state index contributed by atoms with van der Waals surface area (Å²) in [5.41, 5.74) is 1.35. The third-order valence-corrected chi connectivity index (χ3v) is 4.76.